The van der Waals surface area contributed by atoms with Crippen LogP contribution in [0.4, 0.5) is 0 Å². The molecule has 3 rings (SSSR count). The molecule has 0 atom stereocenters. The van der Waals surface area contributed by atoms with Gasteiger partial charge in [0.05, 0.1) is 0 Å². The van der Waals surface area contributed by atoms with E-state index in [1.807, 2.05) is 0 Å². The first-order valence-corrected chi connectivity index (χ1v) is 7.26. The van der Waals surface area contributed by atoms with Gasteiger partial charge in [-0.3, -0.25) is 19.4 Å². The van der Waals surface area contributed by atoms with Crippen molar-refractivity contribution in [3.63, 3.8) is 0 Å². The largest absolute Gasteiger partial charge is 0.272 e. The summed E-state index contributed by atoms with van der Waals surface area (Å²) in [6, 6.07) is 0. The van der Waals surface area contributed by atoms with E-state index < -0.39 is 0 Å². The summed E-state index contributed by atoms with van der Waals surface area (Å²) in [4.78, 5) is 33.7. The molecule has 0 saturated carbocycles. The molecular formula is C13H21N3O3. The predicted octanol–water partition coefficient (Wildman–Crippen LogP) is 0.542. The lowest BCUT2D eigenvalue weighted by molar-refractivity contribution is -0.258. The third-order valence-electron chi connectivity index (χ3n) is 4.11. The van der Waals surface area contributed by atoms with Gasteiger partial charge in [-0.25, -0.2) is 4.84 Å². The molecule has 19 heavy (non-hydrogen) atoms. The van der Waals surface area contributed by atoms with Gasteiger partial charge in [-0.2, -0.15) is 5.06 Å². The first kappa shape index (κ1) is 13.0. The minimum atomic E-state index is -0.240. The summed E-state index contributed by atoms with van der Waals surface area (Å²) in [6.45, 7) is 3.93. The van der Waals surface area contributed by atoms with E-state index in [0.717, 1.165) is 56.9 Å². The van der Waals surface area contributed by atoms with Crippen LogP contribution in [0.25, 0.3) is 0 Å². The highest BCUT2D eigenvalue weighted by Gasteiger charge is 2.38. The molecule has 0 aromatic heterocycles. The molecule has 3 fully saturated rings. The van der Waals surface area contributed by atoms with E-state index in [-0.39, 0.29) is 31.0 Å². The Labute approximate surface area is 113 Å². The number of hydrogen-bond acceptors (Lipinski definition) is 5. The van der Waals surface area contributed by atoms with Gasteiger partial charge in [0.25, 0.3) is 11.8 Å². The number of hydroxylamine groups is 2. The van der Waals surface area contributed by atoms with E-state index in [4.69, 9.17) is 4.84 Å². The molecule has 3 aliphatic heterocycles. The number of imide groups is 1. The predicted molar refractivity (Wildman–Crippen MR) is 67.6 cm³/mol. The van der Waals surface area contributed by atoms with Crippen molar-refractivity contribution < 1.29 is 14.4 Å². The van der Waals surface area contributed by atoms with Crippen LogP contribution in [-0.2, 0) is 14.4 Å². The molecule has 6 heteroatoms. The topological polar surface area (TPSA) is 53.1 Å². The fourth-order valence-corrected chi connectivity index (χ4v) is 3.06. The highest BCUT2D eigenvalue weighted by Crippen LogP contribution is 2.23. The summed E-state index contributed by atoms with van der Waals surface area (Å²) < 4.78 is 0. The maximum atomic E-state index is 11.7. The van der Waals surface area contributed by atoms with E-state index >= 15 is 0 Å². The average Bonchev–Trinajstić information content (AvgIpc) is 3.12. The number of nitrogens with zero attached hydrogens (tertiary/aromatic N) is 3. The summed E-state index contributed by atoms with van der Waals surface area (Å²) in [7, 11) is 0. The van der Waals surface area contributed by atoms with Gasteiger partial charge in [0.1, 0.15) is 0 Å². The van der Waals surface area contributed by atoms with E-state index in [1.54, 1.807) is 0 Å². The molecule has 3 saturated heterocycles. The second kappa shape index (κ2) is 5.56. The number of carbonyl (C=O) groups excluding carboxylic acids is 2. The Morgan fingerprint density at radius 3 is 1.63 bits per heavy atom. The third kappa shape index (κ3) is 2.66. The van der Waals surface area contributed by atoms with Crippen molar-refractivity contribution in [3.8, 4) is 0 Å². The van der Waals surface area contributed by atoms with Crippen LogP contribution in [0.1, 0.15) is 38.5 Å². The maximum Gasteiger partial charge on any atom is 0.254 e. The molecule has 0 unspecified atom stereocenters. The molecular weight excluding hydrogens is 246 g/mol. The van der Waals surface area contributed by atoms with Crippen molar-refractivity contribution in [2.75, 3.05) is 26.2 Å². The molecule has 2 amide bonds. The van der Waals surface area contributed by atoms with Gasteiger partial charge in [-0.05, 0) is 25.7 Å². The molecule has 0 bridgehead atoms. The lowest BCUT2D eigenvalue weighted by Gasteiger charge is -2.35. The Kier molecular flexibility index (Phi) is 3.81. The summed E-state index contributed by atoms with van der Waals surface area (Å²) in [5.41, 5.74) is 0. The highest BCUT2D eigenvalue weighted by molar-refractivity contribution is 6.00. The zero-order valence-electron chi connectivity index (χ0n) is 11.2. The molecule has 0 aromatic rings. The Hall–Kier alpha value is -0.980. The van der Waals surface area contributed by atoms with Crippen LogP contribution < -0.4 is 0 Å². The van der Waals surface area contributed by atoms with Crippen molar-refractivity contribution in [2.45, 2.75) is 44.9 Å². The maximum absolute atomic E-state index is 11.7. The van der Waals surface area contributed by atoms with Crippen LogP contribution in [-0.4, -0.2) is 59.2 Å². The quantitative estimate of drug-likeness (QED) is 0.696. The van der Waals surface area contributed by atoms with Gasteiger partial charge in [0.15, 0.2) is 6.35 Å². The van der Waals surface area contributed by atoms with Crippen molar-refractivity contribution in [2.24, 2.45) is 0 Å². The first-order valence-electron chi connectivity index (χ1n) is 7.26. The molecule has 0 aromatic carbocycles. The van der Waals surface area contributed by atoms with E-state index in [2.05, 4.69) is 9.80 Å². The number of carbonyl (C=O) groups is 2. The van der Waals surface area contributed by atoms with Gasteiger partial charge < -0.3 is 0 Å². The van der Waals surface area contributed by atoms with E-state index in [9.17, 15) is 9.59 Å². The monoisotopic (exact) mass is 267 g/mol. The molecule has 106 valence electrons. The van der Waals surface area contributed by atoms with Gasteiger partial charge in [-0.15, -0.1) is 0 Å². The van der Waals surface area contributed by atoms with Crippen LogP contribution in [0.3, 0.4) is 0 Å². The standard InChI is InChI=1S/C13H21N3O3/c17-11-5-6-12(18)16(11)19-13(14-7-1-2-8-14)15-9-3-4-10-15/h13H,1-10H2. The Balaban J connectivity index is 1.70. The minimum absolute atomic E-state index is 0.201. The third-order valence-corrected chi connectivity index (χ3v) is 4.11. The molecule has 0 spiro atoms. The van der Waals surface area contributed by atoms with E-state index in [1.165, 1.54) is 0 Å². The summed E-state index contributed by atoms with van der Waals surface area (Å²) in [5.74, 6) is -0.401. The number of amides is 2. The fraction of sp³-hybridized carbons (Fsp3) is 0.846. The lowest BCUT2D eigenvalue weighted by Crippen LogP contribution is -2.51. The fourth-order valence-electron chi connectivity index (χ4n) is 3.06. The minimum Gasteiger partial charge on any atom is -0.272 e. The second-order valence-electron chi connectivity index (χ2n) is 5.50. The Morgan fingerprint density at radius 1 is 0.789 bits per heavy atom. The van der Waals surface area contributed by atoms with Gasteiger partial charge in [-0.1, -0.05) is 0 Å². The molecule has 6 nitrogen and oxygen atoms in total. The highest BCUT2D eigenvalue weighted by atomic mass is 16.7. The van der Waals surface area contributed by atoms with E-state index in [0.29, 0.717) is 0 Å². The van der Waals surface area contributed by atoms with Crippen molar-refractivity contribution in [3.05, 3.63) is 0 Å². The number of rotatable bonds is 4. The molecule has 3 heterocycles. The van der Waals surface area contributed by atoms with Crippen LogP contribution >= 0.6 is 0 Å². The molecule has 0 aliphatic carbocycles. The van der Waals surface area contributed by atoms with Crippen molar-refractivity contribution >= 4 is 11.8 Å². The van der Waals surface area contributed by atoms with Crippen molar-refractivity contribution in [1.29, 1.82) is 0 Å². The van der Waals surface area contributed by atoms with Crippen LogP contribution in [0.15, 0.2) is 0 Å². The van der Waals surface area contributed by atoms with Gasteiger partial charge in [0.2, 0.25) is 0 Å². The SMILES string of the molecule is O=C1CCC(=O)N1OC(N1CCCC1)N1CCCC1. The number of likely N-dealkylation sites (tertiary alicyclic amines) is 2. The van der Waals surface area contributed by atoms with Crippen LogP contribution in [0.2, 0.25) is 0 Å². The smallest absolute Gasteiger partial charge is 0.254 e. The summed E-state index contributed by atoms with van der Waals surface area (Å²) >= 11 is 0. The second-order valence-corrected chi connectivity index (χ2v) is 5.50. The zero-order valence-corrected chi connectivity index (χ0v) is 11.2. The first-order chi connectivity index (χ1) is 9.25. The zero-order chi connectivity index (χ0) is 13.2. The lowest BCUT2D eigenvalue weighted by atomic mass is 10.4. The number of hydrogen-bond donors (Lipinski definition) is 0. The van der Waals surface area contributed by atoms with Gasteiger partial charge in [0, 0.05) is 39.0 Å². The normalized spacial score (nSPS) is 26.3. The average molecular weight is 267 g/mol. The van der Waals surface area contributed by atoms with Gasteiger partial charge >= 0.3 is 0 Å². The molecule has 0 N–H and O–H groups in total. The Bertz CT molecular complexity index is 330. The summed E-state index contributed by atoms with van der Waals surface area (Å²) in [5, 5.41) is 1.00. The Morgan fingerprint density at radius 2 is 1.21 bits per heavy atom. The van der Waals surface area contributed by atoms with Crippen molar-refractivity contribution in [1.82, 2.24) is 14.9 Å². The van der Waals surface area contributed by atoms with Crippen LogP contribution in [0, 0.1) is 0 Å². The van der Waals surface area contributed by atoms with Crippen LogP contribution in [0.5, 0.6) is 0 Å². The molecule has 3 aliphatic rings. The summed E-state index contributed by atoms with van der Waals surface area (Å²) in [6.07, 6.45) is 4.98. The molecule has 0 radical (unpaired) electrons.